The van der Waals surface area contributed by atoms with E-state index in [4.69, 9.17) is 27.9 Å². The van der Waals surface area contributed by atoms with Crippen molar-refractivity contribution in [3.63, 3.8) is 0 Å². The minimum absolute atomic E-state index is 0.0611. The Morgan fingerprint density at radius 3 is 2.57 bits per heavy atom. The second kappa shape index (κ2) is 11.6. The van der Waals surface area contributed by atoms with E-state index in [1.807, 2.05) is 19.1 Å². The average molecular weight is 423 g/mol. The van der Waals surface area contributed by atoms with E-state index in [0.717, 1.165) is 5.56 Å². The normalized spacial score (nSPS) is 10.4. The molecule has 2 rings (SSSR count). The molecule has 0 heterocycles. The molecule has 2 aromatic rings. The van der Waals surface area contributed by atoms with Crippen LogP contribution in [0.25, 0.3) is 0 Å². The van der Waals surface area contributed by atoms with Crippen molar-refractivity contribution in [2.75, 3.05) is 19.7 Å². The molecular formula is C21H24Cl2N2O3. The molecule has 2 aromatic carbocycles. The predicted octanol–water partition coefficient (Wildman–Crippen LogP) is 4.26. The molecule has 7 heteroatoms. The van der Waals surface area contributed by atoms with Gasteiger partial charge >= 0.3 is 0 Å². The van der Waals surface area contributed by atoms with E-state index in [0.29, 0.717) is 60.3 Å². The van der Waals surface area contributed by atoms with Crippen molar-refractivity contribution >= 4 is 35.0 Å². The number of para-hydroxylation sites is 1. The first-order valence-electron chi connectivity index (χ1n) is 9.22. The first-order valence-corrected chi connectivity index (χ1v) is 9.97. The lowest BCUT2D eigenvalue weighted by atomic mass is 10.1. The van der Waals surface area contributed by atoms with Crippen molar-refractivity contribution in [3.8, 4) is 5.75 Å². The van der Waals surface area contributed by atoms with Crippen LogP contribution in [0.5, 0.6) is 5.75 Å². The smallest absolute Gasteiger partial charge is 0.255 e. The van der Waals surface area contributed by atoms with Crippen LogP contribution < -0.4 is 15.4 Å². The van der Waals surface area contributed by atoms with E-state index in [-0.39, 0.29) is 11.8 Å². The Hall–Kier alpha value is -2.24. The number of rotatable bonds is 10. The second-order valence-electron chi connectivity index (χ2n) is 6.12. The zero-order valence-electron chi connectivity index (χ0n) is 15.8. The maximum absolute atomic E-state index is 12.3. The summed E-state index contributed by atoms with van der Waals surface area (Å²) < 4.78 is 5.46. The number of benzene rings is 2. The van der Waals surface area contributed by atoms with Gasteiger partial charge in [0.05, 0.1) is 12.2 Å². The standard InChI is InChI=1S/C21H24Cl2N2O3/c1-2-28-19-7-4-3-6-17(19)21(27)25-12-5-8-20(26)24-13-11-15-9-10-16(22)14-18(15)23/h3-4,6-7,9-10,14H,2,5,8,11-13H2,1H3,(H,24,26)(H,25,27). The van der Waals surface area contributed by atoms with E-state index in [2.05, 4.69) is 10.6 Å². The summed E-state index contributed by atoms with van der Waals surface area (Å²) in [5.74, 6) is 0.289. The first kappa shape index (κ1) is 22.1. The Bertz CT molecular complexity index is 812. The molecule has 0 unspecified atom stereocenters. The Morgan fingerprint density at radius 2 is 1.82 bits per heavy atom. The van der Waals surface area contributed by atoms with E-state index < -0.39 is 0 Å². The van der Waals surface area contributed by atoms with Crippen LogP contribution in [0.3, 0.4) is 0 Å². The monoisotopic (exact) mass is 422 g/mol. The summed E-state index contributed by atoms with van der Waals surface area (Å²) in [6, 6.07) is 12.4. The molecule has 0 saturated carbocycles. The summed E-state index contributed by atoms with van der Waals surface area (Å²) >= 11 is 12.0. The van der Waals surface area contributed by atoms with E-state index in [1.165, 1.54) is 0 Å². The van der Waals surface area contributed by atoms with Crippen molar-refractivity contribution in [3.05, 3.63) is 63.6 Å². The van der Waals surface area contributed by atoms with Crippen LogP contribution in [-0.2, 0) is 11.2 Å². The minimum Gasteiger partial charge on any atom is -0.493 e. The molecule has 0 spiro atoms. The summed E-state index contributed by atoms with van der Waals surface area (Å²) in [7, 11) is 0. The van der Waals surface area contributed by atoms with Crippen molar-refractivity contribution in [2.24, 2.45) is 0 Å². The van der Waals surface area contributed by atoms with Crippen molar-refractivity contribution in [1.29, 1.82) is 0 Å². The number of carbonyl (C=O) groups excluding carboxylic acids is 2. The minimum atomic E-state index is -0.207. The van der Waals surface area contributed by atoms with Gasteiger partial charge in [-0.25, -0.2) is 0 Å². The number of carbonyl (C=O) groups is 2. The molecular weight excluding hydrogens is 399 g/mol. The van der Waals surface area contributed by atoms with Gasteiger partial charge in [-0.2, -0.15) is 0 Å². The van der Waals surface area contributed by atoms with Crippen molar-refractivity contribution in [1.82, 2.24) is 10.6 Å². The summed E-state index contributed by atoms with van der Waals surface area (Å²) in [5, 5.41) is 6.86. The highest BCUT2D eigenvalue weighted by Crippen LogP contribution is 2.21. The van der Waals surface area contributed by atoms with Crippen molar-refractivity contribution in [2.45, 2.75) is 26.2 Å². The van der Waals surface area contributed by atoms with Crippen LogP contribution in [0.4, 0.5) is 0 Å². The number of nitrogens with one attached hydrogen (secondary N) is 2. The number of halogens is 2. The summed E-state index contributed by atoms with van der Waals surface area (Å²) in [6.07, 6.45) is 1.52. The van der Waals surface area contributed by atoms with Gasteiger partial charge in [-0.05, 0) is 49.6 Å². The van der Waals surface area contributed by atoms with Gasteiger partial charge in [0, 0.05) is 29.6 Å². The fourth-order valence-electron chi connectivity index (χ4n) is 2.63. The van der Waals surface area contributed by atoms with E-state index in [9.17, 15) is 9.59 Å². The van der Waals surface area contributed by atoms with Gasteiger partial charge in [-0.1, -0.05) is 41.4 Å². The molecule has 2 N–H and O–H groups in total. The Balaban J connectivity index is 1.66. The highest BCUT2D eigenvalue weighted by atomic mass is 35.5. The van der Waals surface area contributed by atoms with Crippen LogP contribution in [-0.4, -0.2) is 31.5 Å². The van der Waals surface area contributed by atoms with Gasteiger partial charge < -0.3 is 15.4 Å². The fraction of sp³-hybridized carbons (Fsp3) is 0.333. The number of ether oxygens (including phenoxy) is 1. The maximum Gasteiger partial charge on any atom is 0.255 e. The molecule has 0 saturated heterocycles. The summed E-state index contributed by atoms with van der Waals surface area (Å²) in [4.78, 5) is 24.2. The molecule has 0 fully saturated rings. The third kappa shape index (κ3) is 7.06. The van der Waals surface area contributed by atoms with E-state index >= 15 is 0 Å². The molecule has 0 aliphatic carbocycles. The lowest BCUT2D eigenvalue weighted by Gasteiger charge is -2.10. The SMILES string of the molecule is CCOc1ccccc1C(=O)NCCCC(=O)NCCc1ccc(Cl)cc1Cl. The van der Waals surface area contributed by atoms with Crippen LogP contribution in [0.15, 0.2) is 42.5 Å². The van der Waals surface area contributed by atoms with E-state index in [1.54, 1.807) is 30.3 Å². The maximum atomic E-state index is 12.3. The van der Waals surface area contributed by atoms with Crippen molar-refractivity contribution < 1.29 is 14.3 Å². The average Bonchev–Trinajstić information content (AvgIpc) is 2.67. The predicted molar refractivity (Wildman–Crippen MR) is 112 cm³/mol. The third-order valence-corrected chi connectivity index (χ3v) is 4.62. The molecule has 0 radical (unpaired) electrons. The summed E-state index contributed by atoms with van der Waals surface area (Å²) in [6.45, 7) is 3.27. The third-order valence-electron chi connectivity index (χ3n) is 4.03. The van der Waals surface area contributed by atoms with Gasteiger partial charge in [0.1, 0.15) is 5.75 Å². The Morgan fingerprint density at radius 1 is 1.04 bits per heavy atom. The lowest BCUT2D eigenvalue weighted by Crippen LogP contribution is -2.28. The molecule has 5 nitrogen and oxygen atoms in total. The molecule has 0 aliphatic heterocycles. The fourth-order valence-corrected chi connectivity index (χ4v) is 3.13. The topological polar surface area (TPSA) is 67.4 Å². The second-order valence-corrected chi connectivity index (χ2v) is 6.97. The van der Waals surface area contributed by atoms with Crippen LogP contribution in [0, 0.1) is 0 Å². The summed E-state index contributed by atoms with van der Waals surface area (Å²) in [5.41, 5.74) is 1.43. The molecule has 150 valence electrons. The number of hydrogen-bond acceptors (Lipinski definition) is 3. The van der Waals surface area contributed by atoms with Gasteiger partial charge in [-0.15, -0.1) is 0 Å². The lowest BCUT2D eigenvalue weighted by molar-refractivity contribution is -0.121. The van der Waals surface area contributed by atoms with Gasteiger partial charge in [-0.3, -0.25) is 9.59 Å². The number of amides is 2. The highest BCUT2D eigenvalue weighted by Gasteiger charge is 2.11. The Labute approximate surface area is 175 Å². The molecule has 28 heavy (non-hydrogen) atoms. The first-order chi connectivity index (χ1) is 13.5. The quantitative estimate of drug-likeness (QED) is 0.562. The molecule has 0 aromatic heterocycles. The van der Waals surface area contributed by atoms with Gasteiger partial charge in [0.2, 0.25) is 5.91 Å². The molecule has 0 aliphatic rings. The Kier molecular flexibility index (Phi) is 9.11. The molecule has 2 amide bonds. The molecule has 0 bridgehead atoms. The zero-order chi connectivity index (χ0) is 20.4. The van der Waals surface area contributed by atoms with Crippen LogP contribution >= 0.6 is 23.2 Å². The number of hydrogen-bond donors (Lipinski definition) is 2. The largest absolute Gasteiger partial charge is 0.493 e. The van der Waals surface area contributed by atoms with Crippen LogP contribution in [0.1, 0.15) is 35.7 Å². The van der Waals surface area contributed by atoms with Crippen LogP contribution in [0.2, 0.25) is 10.0 Å². The molecule has 0 atom stereocenters. The van der Waals surface area contributed by atoms with Gasteiger partial charge in [0.15, 0.2) is 0 Å². The zero-order valence-corrected chi connectivity index (χ0v) is 17.3. The van der Waals surface area contributed by atoms with Gasteiger partial charge in [0.25, 0.3) is 5.91 Å². The highest BCUT2D eigenvalue weighted by molar-refractivity contribution is 6.35.